The van der Waals surface area contributed by atoms with Crippen molar-refractivity contribution in [1.29, 1.82) is 0 Å². The Morgan fingerprint density at radius 1 is 1.21 bits per heavy atom. The predicted octanol–water partition coefficient (Wildman–Crippen LogP) is 3.98. The fourth-order valence-electron chi connectivity index (χ4n) is 1.89. The minimum Gasteiger partial charge on any atom is -0.450 e. The standard InChI is InChI=1S/C16H16ClNO5S/c1-3-22-16(19)18-12-5-4-6-13(10-12)23-24(20,21)15-8-7-11(2)9-14(15)17/h4-10H,3H2,1-2H3,(H,18,19). The first-order chi connectivity index (χ1) is 11.3. The maximum atomic E-state index is 12.4. The van der Waals surface area contributed by atoms with E-state index < -0.39 is 16.2 Å². The average molecular weight is 370 g/mol. The van der Waals surface area contributed by atoms with Crippen LogP contribution in [0.3, 0.4) is 0 Å². The van der Waals surface area contributed by atoms with E-state index in [1.165, 1.54) is 24.3 Å². The van der Waals surface area contributed by atoms with E-state index in [9.17, 15) is 13.2 Å². The summed E-state index contributed by atoms with van der Waals surface area (Å²) in [6.07, 6.45) is -0.640. The molecule has 0 fully saturated rings. The van der Waals surface area contributed by atoms with Gasteiger partial charge >= 0.3 is 16.2 Å². The average Bonchev–Trinajstić information content (AvgIpc) is 2.46. The molecule has 0 aromatic heterocycles. The predicted molar refractivity (Wildman–Crippen MR) is 91.1 cm³/mol. The third-order valence-electron chi connectivity index (χ3n) is 2.92. The molecule has 0 bridgehead atoms. The normalized spacial score (nSPS) is 11.0. The summed E-state index contributed by atoms with van der Waals surface area (Å²) in [6, 6.07) is 10.5. The van der Waals surface area contributed by atoms with Crippen LogP contribution >= 0.6 is 11.6 Å². The molecule has 2 aromatic rings. The summed E-state index contributed by atoms with van der Waals surface area (Å²) in [7, 11) is -4.09. The van der Waals surface area contributed by atoms with Gasteiger partial charge in [-0.2, -0.15) is 8.42 Å². The summed E-state index contributed by atoms with van der Waals surface area (Å²) in [5, 5.41) is 2.55. The summed E-state index contributed by atoms with van der Waals surface area (Å²) >= 11 is 5.98. The van der Waals surface area contributed by atoms with Gasteiger partial charge < -0.3 is 8.92 Å². The van der Waals surface area contributed by atoms with Crippen molar-refractivity contribution in [3.63, 3.8) is 0 Å². The van der Waals surface area contributed by atoms with Crippen molar-refractivity contribution >= 4 is 33.5 Å². The van der Waals surface area contributed by atoms with Crippen LogP contribution < -0.4 is 9.50 Å². The van der Waals surface area contributed by atoms with Crippen molar-refractivity contribution in [2.75, 3.05) is 11.9 Å². The third kappa shape index (κ3) is 4.62. The highest BCUT2D eigenvalue weighted by molar-refractivity contribution is 7.87. The van der Waals surface area contributed by atoms with E-state index in [4.69, 9.17) is 20.5 Å². The molecule has 6 nitrogen and oxygen atoms in total. The fourth-order valence-corrected chi connectivity index (χ4v) is 3.39. The lowest BCUT2D eigenvalue weighted by Crippen LogP contribution is -2.14. The van der Waals surface area contributed by atoms with Crippen LogP contribution in [0.1, 0.15) is 12.5 Å². The molecule has 0 aliphatic rings. The van der Waals surface area contributed by atoms with E-state index in [-0.39, 0.29) is 22.3 Å². The van der Waals surface area contributed by atoms with Gasteiger partial charge in [-0.25, -0.2) is 4.79 Å². The van der Waals surface area contributed by atoms with E-state index in [0.29, 0.717) is 5.69 Å². The molecule has 1 amide bonds. The number of hydrogen-bond acceptors (Lipinski definition) is 5. The van der Waals surface area contributed by atoms with Crippen LogP contribution in [-0.4, -0.2) is 21.1 Å². The number of rotatable bonds is 5. The molecular formula is C16H16ClNO5S. The molecule has 0 spiro atoms. The van der Waals surface area contributed by atoms with E-state index >= 15 is 0 Å². The number of anilines is 1. The molecular weight excluding hydrogens is 354 g/mol. The summed E-state index contributed by atoms with van der Waals surface area (Å²) < 4.78 is 34.5. The van der Waals surface area contributed by atoms with Crippen molar-refractivity contribution in [1.82, 2.24) is 0 Å². The van der Waals surface area contributed by atoms with Gasteiger partial charge in [0.25, 0.3) is 0 Å². The van der Waals surface area contributed by atoms with Crippen LogP contribution in [0.5, 0.6) is 5.75 Å². The number of carbonyl (C=O) groups is 1. The Hall–Kier alpha value is -2.25. The molecule has 8 heteroatoms. The quantitative estimate of drug-likeness (QED) is 0.806. The molecule has 0 aliphatic heterocycles. The van der Waals surface area contributed by atoms with Crippen LogP contribution in [0, 0.1) is 6.92 Å². The summed E-state index contributed by atoms with van der Waals surface area (Å²) in [5.74, 6) is 0.0425. The largest absolute Gasteiger partial charge is 0.450 e. The number of halogens is 1. The Labute approximate surface area is 145 Å². The first-order valence-corrected chi connectivity index (χ1v) is 8.85. The van der Waals surface area contributed by atoms with Crippen molar-refractivity contribution in [2.24, 2.45) is 0 Å². The Balaban J connectivity index is 2.22. The molecule has 24 heavy (non-hydrogen) atoms. The van der Waals surface area contributed by atoms with Gasteiger partial charge in [0.15, 0.2) is 0 Å². The van der Waals surface area contributed by atoms with Gasteiger partial charge in [-0.05, 0) is 43.7 Å². The second-order valence-corrected chi connectivity index (χ2v) is 6.77. The van der Waals surface area contributed by atoms with E-state index in [1.807, 2.05) is 0 Å². The molecule has 128 valence electrons. The van der Waals surface area contributed by atoms with Crippen molar-refractivity contribution < 1.29 is 22.1 Å². The zero-order chi connectivity index (χ0) is 17.7. The highest BCUT2D eigenvalue weighted by Gasteiger charge is 2.20. The van der Waals surface area contributed by atoms with Crippen LogP contribution in [0.2, 0.25) is 5.02 Å². The fraction of sp³-hybridized carbons (Fsp3) is 0.188. The van der Waals surface area contributed by atoms with Crippen LogP contribution in [-0.2, 0) is 14.9 Å². The number of ether oxygens (including phenoxy) is 1. The molecule has 0 aliphatic carbocycles. The van der Waals surface area contributed by atoms with Gasteiger partial charge in [-0.15, -0.1) is 0 Å². The molecule has 0 heterocycles. The lowest BCUT2D eigenvalue weighted by molar-refractivity contribution is 0.168. The maximum absolute atomic E-state index is 12.4. The van der Waals surface area contributed by atoms with Crippen LogP contribution in [0.25, 0.3) is 0 Å². The smallest absolute Gasteiger partial charge is 0.411 e. The Morgan fingerprint density at radius 3 is 2.62 bits per heavy atom. The first kappa shape index (κ1) is 18.1. The molecule has 0 saturated heterocycles. The van der Waals surface area contributed by atoms with Gasteiger partial charge in [0.05, 0.1) is 11.6 Å². The second kappa shape index (κ2) is 7.55. The van der Waals surface area contributed by atoms with E-state index in [0.717, 1.165) is 5.56 Å². The van der Waals surface area contributed by atoms with E-state index in [1.54, 1.807) is 32.0 Å². The van der Waals surface area contributed by atoms with Gasteiger partial charge in [0.1, 0.15) is 10.6 Å². The molecule has 0 atom stereocenters. The molecule has 0 unspecified atom stereocenters. The van der Waals surface area contributed by atoms with Gasteiger partial charge in [0.2, 0.25) is 0 Å². The lowest BCUT2D eigenvalue weighted by Gasteiger charge is -2.10. The maximum Gasteiger partial charge on any atom is 0.411 e. The first-order valence-electron chi connectivity index (χ1n) is 7.06. The van der Waals surface area contributed by atoms with Crippen molar-refractivity contribution in [3.8, 4) is 5.75 Å². The third-order valence-corrected chi connectivity index (χ3v) is 4.65. The number of nitrogens with one attached hydrogen (secondary N) is 1. The Morgan fingerprint density at radius 2 is 1.96 bits per heavy atom. The number of benzene rings is 2. The number of hydrogen-bond donors (Lipinski definition) is 1. The zero-order valence-electron chi connectivity index (χ0n) is 13.1. The van der Waals surface area contributed by atoms with Gasteiger partial charge in [-0.3, -0.25) is 5.32 Å². The summed E-state index contributed by atoms with van der Waals surface area (Å²) in [5.41, 5.74) is 1.18. The summed E-state index contributed by atoms with van der Waals surface area (Å²) in [6.45, 7) is 3.70. The highest BCUT2D eigenvalue weighted by Crippen LogP contribution is 2.27. The molecule has 2 rings (SSSR count). The SMILES string of the molecule is CCOC(=O)Nc1cccc(OS(=O)(=O)c2ccc(C)cc2Cl)c1. The molecule has 1 N–H and O–H groups in total. The monoisotopic (exact) mass is 369 g/mol. The number of aryl methyl sites for hydroxylation is 1. The minimum absolute atomic E-state index is 0.0425. The number of amides is 1. The Kier molecular flexibility index (Phi) is 5.69. The van der Waals surface area contributed by atoms with Gasteiger partial charge in [-0.1, -0.05) is 23.7 Å². The number of carbonyl (C=O) groups excluding carboxylic acids is 1. The zero-order valence-corrected chi connectivity index (χ0v) is 14.6. The van der Waals surface area contributed by atoms with Crippen molar-refractivity contribution in [3.05, 3.63) is 53.1 Å². The highest BCUT2D eigenvalue weighted by atomic mass is 35.5. The van der Waals surface area contributed by atoms with Crippen LogP contribution in [0.15, 0.2) is 47.4 Å². The lowest BCUT2D eigenvalue weighted by atomic mass is 10.2. The Bertz CT molecular complexity index is 851. The molecule has 0 saturated carbocycles. The second-order valence-electron chi connectivity index (χ2n) is 4.84. The molecule has 2 aromatic carbocycles. The van der Waals surface area contributed by atoms with Gasteiger partial charge in [0, 0.05) is 11.8 Å². The van der Waals surface area contributed by atoms with E-state index in [2.05, 4.69) is 5.32 Å². The minimum atomic E-state index is -4.09. The topological polar surface area (TPSA) is 81.7 Å². The molecule has 0 radical (unpaired) electrons. The van der Waals surface area contributed by atoms with Crippen LogP contribution in [0.4, 0.5) is 10.5 Å². The summed E-state index contributed by atoms with van der Waals surface area (Å²) in [4.78, 5) is 11.3. The van der Waals surface area contributed by atoms with Crippen molar-refractivity contribution in [2.45, 2.75) is 18.7 Å².